The first-order chi connectivity index (χ1) is 24.8. The Kier molecular flexibility index (Phi) is 5.89. The Morgan fingerprint density at radius 2 is 0.860 bits per heavy atom. The van der Waals surface area contributed by atoms with Crippen molar-refractivity contribution in [3.8, 4) is 33.4 Å². The van der Waals surface area contributed by atoms with Crippen molar-refractivity contribution < 1.29 is 4.42 Å². The highest BCUT2D eigenvalue weighted by Crippen LogP contribution is 2.50. The maximum absolute atomic E-state index is 6.89. The van der Waals surface area contributed by atoms with Crippen LogP contribution in [0.15, 0.2) is 174 Å². The van der Waals surface area contributed by atoms with Gasteiger partial charge < -0.3 is 4.42 Å². The van der Waals surface area contributed by atoms with Crippen LogP contribution in [-0.2, 0) is 0 Å². The fourth-order valence-corrected chi connectivity index (χ4v) is 9.59. The maximum atomic E-state index is 6.89. The molecule has 0 aliphatic carbocycles. The lowest BCUT2D eigenvalue weighted by Gasteiger charge is -2.19. The Morgan fingerprint density at radius 1 is 0.340 bits per heavy atom. The van der Waals surface area contributed by atoms with Crippen LogP contribution in [0.2, 0.25) is 0 Å². The summed E-state index contributed by atoms with van der Waals surface area (Å²) >= 11 is 1.86. The molecule has 0 amide bonds. The van der Waals surface area contributed by atoms with Crippen molar-refractivity contribution in [2.45, 2.75) is 0 Å². The van der Waals surface area contributed by atoms with Gasteiger partial charge in [0.05, 0.1) is 0 Å². The molecule has 2 aromatic heterocycles. The Labute approximate surface area is 292 Å². The normalized spacial score (nSPS) is 12.0. The third kappa shape index (κ3) is 3.88. The number of fused-ring (bicyclic) bond motifs is 9. The molecule has 0 fully saturated rings. The van der Waals surface area contributed by atoms with E-state index < -0.39 is 0 Å². The summed E-state index contributed by atoms with van der Waals surface area (Å²) in [6.45, 7) is 0. The van der Waals surface area contributed by atoms with Crippen molar-refractivity contribution in [1.82, 2.24) is 0 Å². The molecule has 11 rings (SSSR count). The van der Waals surface area contributed by atoms with E-state index in [1.54, 1.807) is 0 Å². The highest BCUT2D eigenvalue weighted by molar-refractivity contribution is 7.26. The molecule has 0 saturated carbocycles. The smallest absolute Gasteiger partial charge is 0.143 e. The van der Waals surface area contributed by atoms with Gasteiger partial charge in [0.2, 0.25) is 0 Å². The van der Waals surface area contributed by atoms with Gasteiger partial charge in [0, 0.05) is 42.1 Å². The van der Waals surface area contributed by atoms with E-state index in [2.05, 4.69) is 170 Å². The number of hydrogen-bond donors (Lipinski definition) is 0. The van der Waals surface area contributed by atoms with Crippen LogP contribution in [0.25, 0.3) is 108 Å². The Balaban J connectivity index is 1.27. The fraction of sp³-hybridized carbons (Fsp3) is 0. The zero-order valence-corrected chi connectivity index (χ0v) is 27.8. The van der Waals surface area contributed by atoms with E-state index in [4.69, 9.17) is 4.42 Å². The van der Waals surface area contributed by atoms with Crippen LogP contribution < -0.4 is 0 Å². The minimum Gasteiger partial charge on any atom is -0.455 e. The van der Waals surface area contributed by atoms with Gasteiger partial charge in [0.25, 0.3) is 0 Å². The first-order valence-corrected chi connectivity index (χ1v) is 17.9. The topological polar surface area (TPSA) is 13.1 Å². The lowest BCUT2D eigenvalue weighted by atomic mass is 9.83. The molecule has 232 valence electrons. The number of benzene rings is 9. The molecule has 11 aromatic rings. The third-order valence-corrected chi connectivity index (χ3v) is 11.7. The number of para-hydroxylation sites is 1. The molecular formula is C48H28OS. The summed E-state index contributed by atoms with van der Waals surface area (Å²) in [5, 5.41) is 12.4. The standard InChI is InChI=1S/C48H28OS/c1-2-15-30-29(13-1)14-11-22-32(30)44-33-17-3-5-19-35(33)45(36-20-6-4-18-34(36)44)41-28-27-37(47-46(41)40-21-7-9-25-42(40)49-47)39-24-12-23-38-31-16-8-10-26-43(31)50-48(38)39/h1-28H. The van der Waals surface area contributed by atoms with Crippen LogP contribution >= 0.6 is 11.3 Å². The number of thiophene rings is 1. The van der Waals surface area contributed by atoms with Crippen LogP contribution in [0.4, 0.5) is 0 Å². The van der Waals surface area contributed by atoms with E-state index in [-0.39, 0.29) is 0 Å². The summed E-state index contributed by atoms with van der Waals surface area (Å²) in [6.07, 6.45) is 0. The van der Waals surface area contributed by atoms with Crippen LogP contribution in [0.5, 0.6) is 0 Å². The predicted molar refractivity (Wildman–Crippen MR) is 215 cm³/mol. The van der Waals surface area contributed by atoms with Gasteiger partial charge in [-0.3, -0.25) is 0 Å². The highest BCUT2D eigenvalue weighted by atomic mass is 32.1. The monoisotopic (exact) mass is 652 g/mol. The molecule has 1 nitrogen and oxygen atoms in total. The molecule has 2 heterocycles. The van der Waals surface area contributed by atoms with E-state index in [1.807, 2.05) is 11.3 Å². The average molecular weight is 653 g/mol. The zero-order valence-electron chi connectivity index (χ0n) is 27.0. The molecule has 0 aliphatic rings. The molecule has 0 spiro atoms. The molecule has 9 aromatic carbocycles. The first-order valence-electron chi connectivity index (χ1n) is 17.1. The van der Waals surface area contributed by atoms with Crippen LogP contribution in [-0.4, -0.2) is 0 Å². The predicted octanol–water partition coefficient (Wildman–Crippen LogP) is 14.4. The number of rotatable bonds is 3. The third-order valence-electron chi connectivity index (χ3n) is 10.5. The van der Waals surface area contributed by atoms with Crippen molar-refractivity contribution in [3.63, 3.8) is 0 Å². The fourth-order valence-electron chi connectivity index (χ4n) is 8.36. The molecule has 0 saturated heterocycles. The molecule has 2 heteroatoms. The molecule has 0 bridgehead atoms. The zero-order chi connectivity index (χ0) is 32.8. The van der Waals surface area contributed by atoms with E-state index in [9.17, 15) is 0 Å². The summed E-state index contributed by atoms with van der Waals surface area (Å²) in [5.74, 6) is 0. The van der Waals surface area contributed by atoms with E-state index in [0.717, 1.165) is 27.5 Å². The van der Waals surface area contributed by atoms with E-state index in [1.165, 1.54) is 80.3 Å². The summed E-state index contributed by atoms with van der Waals surface area (Å²) in [4.78, 5) is 0. The van der Waals surface area contributed by atoms with Crippen molar-refractivity contribution >= 4 is 85.8 Å². The van der Waals surface area contributed by atoms with Gasteiger partial charge in [0.15, 0.2) is 0 Å². The second-order valence-corrected chi connectivity index (χ2v) is 14.2. The molecule has 50 heavy (non-hydrogen) atoms. The average Bonchev–Trinajstić information content (AvgIpc) is 3.76. The van der Waals surface area contributed by atoms with Gasteiger partial charge in [-0.25, -0.2) is 0 Å². The minimum atomic E-state index is 0.903. The van der Waals surface area contributed by atoms with E-state index >= 15 is 0 Å². The molecule has 0 unspecified atom stereocenters. The minimum absolute atomic E-state index is 0.903. The molecule has 0 radical (unpaired) electrons. The number of hydrogen-bond acceptors (Lipinski definition) is 2. The summed E-state index contributed by atoms with van der Waals surface area (Å²) in [5.41, 5.74) is 9.13. The Morgan fingerprint density at radius 3 is 1.62 bits per heavy atom. The molecular weight excluding hydrogens is 625 g/mol. The summed E-state index contributed by atoms with van der Waals surface area (Å²) < 4.78 is 9.49. The van der Waals surface area contributed by atoms with Gasteiger partial charge in [-0.15, -0.1) is 11.3 Å². The molecule has 0 atom stereocenters. The quantitative estimate of drug-likeness (QED) is 0.173. The van der Waals surface area contributed by atoms with Crippen molar-refractivity contribution in [2.24, 2.45) is 0 Å². The molecule has 0 aliphatic heterocycles. The maximum Gasteiger partial charge on any atom is 0.143 e. The second-order valence-electron chi connectivity index (χ2n) is 13.1. The van der Waals surface area contributed by atoms with Crippen molar-refractivity contribution in [1.29, 1.82) is 0 Å². The lowest BCUT2D eigenvalue weighted by Crippen LogP contribution is -1.92. The number of furan rings is 1. The van der Waals surface area contributed by atoms with Crippen molar-refractivity contribution in [2.75, 3.05) is 0 Å². The van der Waals surface area contributed by atoms with Crippen LogP contribution in [0, 0.1) is 0 Å². The van der Waals surface area contributed by atoms with Crippen LogP contribution in [0.3, 0.4) is 0 Å². The summed E-state index contributed by atoms with van der Waals surface area (Å²) in [6, 6.07) is 61.8. The van der Waals surface area contributed by atoms with Crippen LogP contribution in [0.1, 0.15) is 0 Å². The van der Waals surface area contributed by atoms with Gasteiger partial charge in [0.1, 0.15) is 11.2 Å². The van der Waals surface area contributed by atoms with Gasteiger partial charge in [-0.1, -0.05) is 152 Å². The SMILES string of the molecule is c1ccc2c(-c3c4ccccc4c(-c4ccc(-c5cccc6c5sc5ccccc56)c5oc6ccccc6c45)c4ccccc34)cccc2c1. The second kappa shape index (κ2) is 10.6. The van der Waals surface area contributed by atoms with Gasteiger partial charge >= 0.3 is 0 Å². The first kappa shape index (κ1) is 27.7. The highest BCUT2D eigenvalue weighted by Gasteiger charge is 2.23. The van der Waals surface area contributed by atoms with Crippen molar-refractivity contribution in [3.05, 3.63) is 170 Å². The Bertz CT molecular complexity index is 3100. The Hall–Kier alpha value is -6.22. The largest absolute Gasteiger partial charge is 0.455 e. The van der Waals surface area contributed by atoms with E-state index in [0.29, 0.717) is 0 Å². The van der Waals surface area contributed by atoms with Gasteiger partial charge in [-0.05, 0) is 72.8 Å². The summed E-state index contributed by atoms with van der Waals surface area (Å²) in [7, 11) is 0. The molecule has 0 N–H and O–H groups in total. The van der Waals surface area contributed by atoms with Gasteiger partial charge in [-0.2, -0.15) is 0 Å². The lowest BCUT2D eigenvalue weighted by molar-refractivity contribution is 0.670.